The van der Waals surface area contributed by atoms with Gasteiger partial charge in [-0.25, -0.2) is 19.2 Å². The third-order valence-electron chi connectivity index (χ3n) is 6.06. The number of carbonyl (C=O) groups excluding carboxylic acids is 1. The first-order valence-corrected chi connectivity index (χ1v) is 11.1. The lowest BCUT2D eigenvalue weighted by Gasteiger charge is -2.21. The second kappa shape index (κ2) is 9.19. The van der Waals surface area contributed by atoms with Crippen molar-refractivity contribution >= 4 is 22.8 Å². The molecule has 2 N–H and O–H groups in total. The van der Waals surface area contributed by atoms with E-state index in [-0.39, 0.29) is 26.4 Å². The Bertz CT molecular complexity index is 1180. The molecule has 2 aliphatic rings. The summed E-state index contributed by atoms with van der Waals surface area (Å²) in [5.74, 6) is 0.917. The van der Waals surface area contributed by atoms with Crippen molar-refractivity contribution in [2.24, 2.45) is 5.92 Å². The third-order valence-corrected chi connectivity index (χ3v) is 6.06. The number of aromatic hydroxyl groups is 1. The maximum atomic E-state index is 14.1. The average Bonchev–Trinajstić information content (AvgIpc) is 3.50. The van der Waals surface area contributed by atoms with Crippen LogP contribution < -0.4 is 10.2 Å². The fraction of sp³-hybridized carbons (Fsp3) is 0.375. The molecule has 176 valence electrons. The largest absolute Gasteiger partial charge is 0.507 e. The molecule has 5 rings (SSSR count). The minimum absolute atomic E-state index is 0. The van der Waals surface area contributed by atoms with Gasteiger partial charge < -0.3 is 24.8 Å². The summed E-state index contributed by atoms with van der Waals surface area (Å²) in [5.41, 5.74) is 1.12. The number of hydrogen-bond acceptors (Lipinski definition) is 7. The molecule has 1 amide bonds. The van der Waals surface area contributed by atoms with Crippen LogP contribution in [0, 0.1) is 11.7 Å². The van der Waals surface area contributed by atoms with Gasteiger partial charge in [-0.3, -0.25) is 0 Å². The molecule has 2 fully saturated rings. The second-order valence-corrected chi connectivity index (χ2v) is 8.42. The van der Waals surface area contributed by atoms with Gasteiger partial charge >= 0.3 is 6.09 Å². The summed E-state index contributed by atoms with van der Waals surface area (Å²) >= 11 is 0. The van der Waals surface area contributed by atoms with Crippen LogP contribution in [-0.4, -0.2) is 60.1 Å². The van der Waals surface area contributed by atoms with Crippen molar-refractivity contribution in [3.63, 3.8) is 0 Å². The molecule has 0 bridgehead atoms. The van der Waals surface area contributed by atoms with Crippen LogP contribution in [0.15, 0.2) is 42.5 Å². The molecule has 2 aliphatic heterocycles. The molecule has 33 heavy (non-hydrogen) atoms. The van der Waals surface area contributed by atoms with Crippen LogP contribution in [0.2, 0.25) is 0 Å². The van der Waals surface area contributed by atoms with Crippen LogP contribution in [-0.2, 0) is 9.47 Å². The van der Waals surface area contributed by atoms with E-state index >= 15 is 0 Å². The number of hydrogen-bond donors (Lipinski definition) is 2. The summed E-state index contributed by atoms with van der Waals surface area (Å²) in [7, 11) is 0. The standard InChI is InChI=1S/C24H25FN4O4.2H2/c25-16-5-6-20-19(11-16)23(28-22(27-20)18-3-1-2-4-21(18)30)29-9-7-15(13-29)12-26-24(31)33-17-8-10-32-14-17;;/h1-6,11,15,17,30H,7-10,12-14H2,(H,26,31);2*1H/t15-,17-;;/m0../s1. The number of fused-ring (bicyclic) bond motifs is 1. The molecule has 0 saturated carbocycles. The van der Waals surface area contributed by atoms with E-state index in [4.69, 9.17) is 14.5 Å². The molecule has 3 heterocycles. The molecule has 9 heteroatoms. The highest BCUT2D eigenvalue weighted by molar-refractivity contribution is 5.91. The van der Waals surface area contributed by atoms with E-state index in [1.807, 2.05) is 0 Å². The van der Waals surface area contributed by atoms with E-state index in [1.165, 1.54) is 12.1 Å². The molecule has 0 aliphatic carbocycles. The first-order valence-electron chi connectivity index (χ1n) is 11.1. The minimum atomic E-state index is -0.430. The number of amides is 1. The Labute approximate surface area is 193 Å². The van der Waals surface area contributed by atoms with Crippen LogP contribution in [0.4, 0.5) is 15.0 Å². The zero-order valence-electron chi connectivity index (χ0n) is 18.0. The number of alkyl carbamates (subject to hydrolysis) is 1. The number of aromatic nitrogens is 2. The topological polar surface area (TPSA) is 96.8 Å². The van der Waals surface area contributed by atoms with Gasteiger partial charge in [-0.15, -0.1) is 0 Å². The van der Waals surface area contributed by atoms with Gasteiger partial charge in [0.25, 0.3) is 0 Å². The van der Waals surface area contributed by atoms with Gasteiger partial charge in [0, 0.05) is 34.3 Å². The molecular formula is C24H29FN4O4. The molecule has 0 unspecified atom stereocenters. The zero-order chi connectivity index (χ0) is 22.8. The van der Waals surface area contributed by atoms with Gasteiger partial charge in [-0.2, -0.15) is 0 Å². The van der Waals surface area contributed by atoms with E-state index in [0.717, 1.165) is 12.8 Å². The Kier molecular flexibility index (Phi) is 5.95. The van der Waals surface area contributed by atoms with E-state index in [2.05, 4.69) is 15.2 Å². The molecule has 0 spiro atoms. The Morgan fingerprint density at radius 3 is 2.97 bits per heavy atom. The summed E-state index contributed by atoms with van der Waals surface area (Å²) < 4.78 is 24.6. The summed E-state index contributed by atoms with van der Waals surface area (Å²) in [6.07, 6.45) is 0.960. The number of ether oxygens (including phenoxy) is 2. The molecule has 8 nitrogen and oxygen atoms in total. The van der Waals surface area contributed by atoms with Gasteiger partial charge in [0.05, 0.1) is 24.3 Å². The third kappa shape index (κ3) is 4.68. The summed E-state index contributed by atoms with van der Waals surface area (Å²) in [6, 6.07) is 11.3. The molecule has 2 saturated heterocycles. The van der Waals surface area contributed by atoms with Gasteiger partial charge in [0.2, 0.25) is 0 Å². The number of halogens is 1. The highest BCUT2D eigenvalue weighted by atomic mass is 19.1. The maximum Gasteiger partial charge on any atom is 0.407 e. The summed E-state index contributed by atoms with van der Waals surface area (Å²) in [6.45, 7) is 2.90. The highest BCUT2D eigenvalue weighted by Crippen LogP contribution is 2.33. The number of nitrogens with zero attached hydrogens (tertiary/aromatic N) is 3. The van der Waals surface area contributed by atoms with Gasteiger partial charge in [0.1, 0.15) is 23.5 Å². The maximum absolute atomic E-state index is 14.1. The SMILES string of the molecule is O=C(NC[C@@H]1CCN(c2nc(-c3ccccc3O)nc3ccc(F)cc23)C1)O[C@H]1CCOC1.[HH].[HH]. The normalized spacial score (nSPS) is 20.3. The monoisotopic (exact) mass is 456 g/mol. The number of para-hydroxylation sites is 1. The number of anilines is 1. The van der Waals surface area contributed by atoms with Gasteiger partial charge in [0.15, 0.2) is 5.82 Å². The predicted octanol–water partition coefficient (Wildman–Crippen LogP) is 3.97. The van der Waals surface area contributed by atoms with E-state index in [0.29, 0.717) is 61.0 Å². The zero-order valence-corrected chi connectivity index (χ0v) is 18.0. The van der Waals surface area contributed by atoms with E-state index in [9.17, 15) is 14.3 Å². The van der Waals surface area contributed by atoms with Crippen LogP contribution in [0.25, 0.3) is 22.3 Å². The average molecular weight is 457 g/mol. The lowest BCUT2D eigenvalue weighted by molar-refractivity contribution is 0.0825. The molecule has 2 atom stereocenters. The van der Waals surface area contributed by atoms with Crippen molar-refractivity contribution < 1.29 is 26.6 Å². The quantitative estimate of drug-likeness (QED) is 0.600. The van der Waals surface area contributed by atoms with E-state index in [1.54, 1.807) is 30.3 Å². The van der Waals surface area contributed by atoms with Crippen LogP contribution in [0.5, 0.6) is 5.75 Å². The number of benzene rings is 2. The molecule has 1 aromatic heterocycles. The predicted molar refractivity (Wildman–Crippen MR) is 125 cm³/mol. The number of nitrogens with one attached hydrogen (secondary N) is 1. The van der Waals surface area contributed by atoms with Crippen LogP contribution in [0.1, 0.15) is 15.7 Å². The van der Waals surface area contributed by atoms with E-state index < -0.39 is 6.09 Å². The number of phenolic OH excluding ortho intramolecular Hbond substituents is 1. The molecule has 3 aromatic rings. The van der Waals surface area contributed by atoms with Crippen molar-refractivity contribution in [1.29, 1.82) is 0 Å². The molecule has 0 radical (unpaired) electrons. The Morgan fingerprint density at radius 1 is 1.27 bits per heavy atom. The fourth-order valence-electron chi connectivity index (χ4n) is 4.33. The molecular weight excluding hydrogens is 427 g/mol. The van der Waals surface area contributed by atoms with Crippen molar-refractivity contribution in [2.75, 3.05) is 37.7 Å². The summed E-state index contributed by atoms with van der Waals surface area (Å²) in [5, 5.41) is 13.7. The van der Waals surface area contributed by atoms with Gasteiger partial charge in [-0.05, 0) is 42.7 Å². The minimum Gasteiger partial charge on any atom is -0.507 e. The number of phenols is 1. The Morgan fingerprint density at radius 2 is 2.15 bits per heavy atom. The lowest BCUT2D eigenvalue weighted by atomic mass is 10.1. The Balaban J connectivity index is 0.00000171. The smallest absolute Gasteiger partial charge is 0.407 e. The number of carbonyl (C=O) groups is 1. The fourth-order valence-corrected chi connectivity index (χ4v) is 4.33. The molecule has 2 aromatic carbocycles. The van der Waals surface area contributed by atoms with Crippen LogP contribution in [0.3, 0.4) is 0 Å². The summed E-state index contributed by atoms with van der Waals surface area (Å²) in [4.78, 5) is 23.4. The lowest BCUT2D eigenvalue weighted by Crippen LogP contribution is -2.34. The van der Waals surface area contributed by atoms with Crippen LogP contribution >= 0.6 is 0 Å². The van der Waals surface area contributed by atoms with Crippen molar-refractivity contribution in [2.45, 2.75) is 18.9 Å². The first kappa shape index (κ1) is 21.4. The van der Waals surface area contributed by atoms with Crippen molar-refractivity contribution in [3.05, 3.63) is 48.3 Å². The highest BCUT2D eigenvalue weighted by Gasteiger charge is 2.27. The first-order chi connectivity index (χ1) is 16.1. The van der Waals surface area contributed by atoms with Crippen molar-refractivity contribution in [3.8, 4) is 17.1 Å². The Hall–Kier alpha value is -3.46. The van der Waals surface area contributed by atoms with Crippen molar-refractivity contribution in [1.82, 2.24) is 15.3 Å². The second-order valence-electron chi connectivity index (χ2n) is 8.42. The number of rotatable bonds is 5. The van der Waals surface area contributed by atoms with Gasteiger partial charge in [-0.1, -0.05) is 12.1 Å².